The average Bonchev–Trinajstić information content (AvgIpc) is 3.47. The lowest BCUT2D eigenvalue weighted by Crippen LogP contribution is -2.57. The topological polar surface area (TPSA) is 92.6 Å². The number of hydrogen-bond donors (Lipinski definition) is 2. The van der Waals surface area contributed by atoms with Crippen LogP contribution in [0.1, 0.15) is 29.2 Å². The van der Waals surface area contributed by atoms with Crippen molar-refractivity contribution in [3.63, 3.8) is 0 Å². The predicted octanol–water partition coefficient (Wildman–Crippen LogP) is 4.98. The SMILES string of the molecule is O=C(NN1CCOCC1)[C@@]1(Cc2ccccc2)N=C(c2ccc(OCCCO)cc2)O[C@H]1c1ccc(-c2ccccc2)cc1. The fraction of sp³-hybridized carbons (Fsp3) is 0.278. The van der Waals surface area contributed by atoms with Gasteiger partial charge in [-0.15, -0.1) is 0 Å². The lowest BCUT2D eigenvalue weighted by Gasteiger charge is -2.34. The second kappa shape index (κ2) is 13.9. The Kier molecular flexibility index (Phi) is 9.31. The molecular formula is C36H37N3O5. The molecule has 6 rings (SSSR count). The van der Waals surface area contributed by atoms with Crippen LogP contribution in [0.5, 0.6) is 5.75 Å². The number of benzene rings is 4. The zero-order valence-corrected chi connectivity index (χ0v) is 24.6. The van der Waals surface area contributed by atoms with Gasteiger partial charge in [0.05, 0.1) is 19.8 Å². The van der Waals surface area contributed by atoms with Gasteiger partial charge in [0.1, 0.15) is 5.75 Å². The third kappa shape index (κ3) is 6.68. The van der Waals surface area contributed by atoms with Crippen molar-refractivity contribution < 1.29 is 24.1 Å². The van der Waals surface area contributed by atoms with E-state index in [2.05, 4.69) is 29.7 Å². The van der Waals surface area contributed by atoms with Crippen molar-refractivity contribution in [3.05, 3.63) is 126 Å². The summed E-state index contributed by atoms with van der Waals surface area (Å²) in [4.78, 5) is 19.6. The zero-order valence-electron chi connectivity index (χ0n) is 24.6. The highest BCUT2D eigenvalue weighted by molar-refractivity contribution is 6.01. The van der Waals surface area contributed by atoms with Crippen LogP contribution < -0.4 is 10.2 Å². The van der Waals surface area contributed by atoms with Crippen molar-refractivity contribution >= 4 is 11.8 Å². The molecular weight excluding hydrogens is 554 g/mol. The van der Waals surface area contributed by atoms with Gasteiger partial charge in [0.25, 0.3) is 5.91 Å². The Balaban J connectivity index is 1.39. The van der Waals surface area contributed by atoms with Crippen LogP contribution in [-0.2, 0) is 20.7 Å². The van der Waals surface area contributed by atoms with Gasteiger partial charge in [-0.1, -0.05) is 84.9 Å². The largest absolute Gasteiger partial charge is 0.494 e. The third-order valence-corrected chi connectivity index (χ3v) is 7.94. The first-order chi connectivity index (χ1) is 21.6. The average molecular weight is 592 g/mol. The van der Waals surface area contributed by atoms with Crippen LogP contribution in [0, 0.1) is 0 Å². The Labute approximate surface area is 257 Å². The summed E-state index contributed by atoms with van der Waals surface area (Å²) in [5.74, 6) is 0.867. The van der Waals surface area contributed by atoms with Crippen LogP contribution in [-0.4, -0.2) is 67.0 Å². The van der Waals surface area contributed by atoms with Crippen LogP contribution >= 0.6 is 0 Å². The van der Waals surface area contributed by atoms with Crippen molar-refractivity contribution in [1.82, 2.24) is 10.4 Å². The number of ether oxygens (including phenoxy) is 3. The Bertz CT molecular complexity index is 1540. The number of aliphatic hydroxyl groups excluding tert-OH is 1. The molecule has 0 aliphatic carbocycles. The van der Waals surface area contributed by atoms with Crippen molar-refractivity contribution in [2.45, 2.75) is 24.5 Å². The Morgan fingerprint density at radius 1 is 0.864 bits per heavy atom. The summed E-state index contributed by atoms with van der Waals surface area (Å²) in [5, 5.41) is 11.0. The van der Waals surface area contributed by atoms with E-state index in [4.69, 9.17) is 24.3 Å². The fourth-order valence-electron chi connectivity index (χ4n) is 5.59. The first-order valence-electron chi connectivity index (χ1n) is 15.1. The number of carbonyl (C=O) groups is 1. The zero-order chi connectivity index (χ0) is 30.2. The fourth-order valence-corrected chi connectivity index (χ4v) is 5.59. The molecule has 4 aromatic carbocycles. The summed E-state index contributed by atoms with van der Waals surface area (Å²) in [6.45, 7) is 2.79. The minimum Gasteiger partial charge on any atom is -0.494 e. The van der Waals surface area contributed by atoms with Gasteiger partial charge < -0.3 is 19.3 Å². The lowest BCUT2D eigenvalue weighted by molar-refractivity contribution is -0.136. The van der Waals surface area contributed by atoms with E-state index in [-0.39, 0.29) is 12.5 Å². The number of morpholine rings is 1. The van der Waals surface area contributed by atoms with E-state index in [0.29, 0.717) is 57.4 Å². The van der Waals surface area contributed by atoms with Crippen LogP contribution in [0.25, 0.3) is 11.1 Å². The second-order valence-corrected chi connectivity index (χ2v) is 11.0. The predicted molar refractivity (Wildman–Crippen MR) is 169 cm³/mol. The Morgan fingerprint density at radius 2 is 1.50 bits per heavy atom. The molecule has 2 N–H and O–H groups in total. The summed E-state index contributed by atoms with van der Waals surface area (Å²) in [7, 11) is 0. The first kappa shape index (κ1) is 29.6. The number of rotatable bonds is 11. The molecule has 1 amide bonds. The maximum absolute atomic E-state index is 14.5. The van der Waals surface area contributed by atoms with Crippen LogP contribution in [0.15, 0.2) is 114 Å². The monoisotopic (exact) mass is 591 g/mol. The molecule has 0 unspecified atom stereocenters. The van der Waals surface area contributed by atoms with Crippen LogP contribution in [0.3, 0.4) is 0 Å². The van der Waals surface area contributed by atoms with Crippen LogP contribution in [0.2, 0.25) is 0 Å². The van der Waals surface area contributed by atoms with Crippen LogP contribution in [0.4, 0.5) is 0 Å². The molecule has 1 saturated heterocycles. The van der Waals surface area contributed by atoms with Gasteiger partial charge in [0.2, 0.25) is 5.90 Å². The molecule has 0 saturated carbocycles. The molecule has 2 aliphatic heterocycles. The number of nitrogens with zero attached hydrogens (tertiary/aromatic N) is 2. The van der Waals surface area contributed by atoms with E-state index in [1.807, 2.05) is 89.9 Å². The van der Waals surface area contributed by atoms with Crippen molar-refractivity contribution in [2.24, 2.45) is 4.99 Å². The van der Waals surface area contributed by atoms with Crippen molar-refractivity contribution in [2.75, 3.05) is 39.5 Å². The molecule has 0 bridgehead atoms. The van der Waals surface area contributed by atoms with E-state index >= 15 is 0 Å². The summed E-state index contributed by atoms with van der Waals surface area (Å²) in [5.41, 5.74) is 6.67. The molecule has 0 radical (unpaired) electrons. The van der Waals surface area contributed by atoms with Gasteiger partial charge in [0.15, 0.2) is 11.6 Å². The highest BCUT2D eigenvalue weighted by Gasteiger charge is 2.53. The smallest absolute Gasteiger partial charge is 0.266 e. The lowest BCUT2D eigenvalue weighted by atomic mass is 9.82. The van der Waals surface area contributed by atoms with Gasteiger partial charge >= 0.3 is 0 Å². The quantitative estimate of drug-likeness (QED) is 0.239. The summed E-state index contributed by atoms with van der Waals surface area (Å²) in [6, 6.07) is 35.8. The minimum absolute atomic E-state index is 0.0759. The molecule has 226 valence electrons. The van der Waals surface area contributed by atoms with E-state index in [1.165, 1.54) is 0 Å². The van der Waals surface area contributed by atoms with Gasteiger partial charge in [-0.2, -0.15) is 0 Å². The molecule has 0 aromatic heterocycles. The van der Waals surface area contributed by atoms with Gasteiger partial charge in [-0.3, -0.25) is 10.2 Å². The molecule has 2 aliphatic rings. The second-order valence-electron chi connectivity index (χ2n) is 11.0. The number of amides is 1. The maximum atomic E-state index is 14.5. The van der Waals surface area contributed by atoms with E-state index in [1.54, 1.807) is 0 Å². The standard InChI is InChI=1S/C36H37N3O5/c40-22-7-23-43-32-18-16-31(17-19-32)34-37-36(26-27-8-3-1-4-9-27,35(41)38-39-20-24-42-25-21-39)33(44-34)30-14-12-29(13-15-30)28-10-5-2-6-11-28/h1-6,8-19,33,40H,7,20-26H2,(H,38,41)/t33-,36-/m0/s1. The van der Waals surface area contributed by atoms with Gasteiger partial charge in [-0.05, 0) is 46.5 Å². The molecule has 2 heterocycles. The van der Waals surface area contributed by atoms with E-state index in [9.17, 15) is 4.79 Å². The van der Waals surface area contributed by atoms with Crippen molar-refractivity contribution in [3.8, 4) is 16.9 Å². The summed E-state index contributed by atoms with van der Waals surface area (Å²) < 4.78 is 17.9. The number of nitrogens with one attached hydrogen (secondary N) is 1. The number of carbonyl (C=O) groups excluding carboxylic acids is 1. The first-order valence-corrected chi connectivity index (χ1v) is 15.1. The van der Waals surface area contributed by atoms with E-state index < -0.39 is 11.6 Å². The minimum atomic E-state index is -1.28. The molecule has 2 atom stereocenters. The summed E-state index contributed by atoms with van der Waals surface area (Å²) >= 11 is 0. The molecule has 0 spiro atoms. The number of aliphatic imine (C=N–C) groups is 1. The third-order valence-electron chi connectivity index (χ3n) is 7.94. The normalized spacial score (nSPS) is 20.0. The van der Waals surface area contributed by atoms with Gasteiger partial charge in [0, 0.05) is 38.1 Å². The number of aliphatic hydroxyl groups is 1. The number of hydrogen-bond acceptors (Lipinski definition) is 7. The maximum Gasteiger partial charge on any atom is 0.266 e. The van der Waals surface area contributed by atoms with E-state index in [0.717, 1.165) is 27.8 Å². The van der Waals surface area contributed by atoms with Crippen molar-refractivity contribution in [1.29, 1.82) is 0 Å². The highest BCUT2D eigenvalue weighted by atomic mass is 16.5. The molecule has 44 heavy (non-hydrogen) atoms. The molecule has 4 aromatic rings. The van der Waals surface area contributed by atoms with Gasteiger partial charge in [-0.25, -0.2) is 10.0 Å². The highest BCUT2D eigenvalue weighted by Crippen LogP contribution is 2.43. The summed E-state index contributed by atoms with van der Waals surface area (Å²) in [6.07, 6.45) is 0.229. The molecule has 1 fully saturated rings. The Morgan fingerprint density at radius 3 is 2.18 bits per heavy atom. The Hall–Kier alpha value is -4.50. The number of hydrazine groups is 1. The molecule has 8 heteroatoms. The molecule has 8 nitrogen and oxygen atoms in total.